The number of nitrogens with one attached hydrogen (secondary N) is 1. The fourth-order valence-electron chi connectivity index (χ4n) is 3.33. The van der Waals surface area contributed by atoms with Crippen LogP contribution in [0.15, 0.2) is 48.9 Å². The molecular formula is C18H19N5O. The average molecular weight is 321 g/mol. The van der Waals surface area contributed by atoms with Crippen molar-refractivity contribution in [3.8, 4) is 0 Å². The van der Waals surface area contributed by atoms with E-state index in [-0.39, 0.29) is 11.9 Å². The molecule has 3 heterocycles. The Morgan fingerprint density at radius 1 is 1.29 bits per heavy atom. The number of rotatable bonds is 3. The first-order valence-corrected chi connectivity index (χ1v) is 8.05. The number of fused-ring (bicyclic) bond motifs is 2. The zero-order valence-electron chi connectivity index (χ0n) is 13.5. The van der Waals surface area contributed by atoms with E-state index in [9.17, 15) is 4.79 Å². The molecule has 4 rings (SSSR count). The highest BCUT2D eigenvalue weighted by atomic mass is 16.2. The van der Waals surface area contributed by atoms with Crippen LogP contribution >= 0.6 is 0 Å². The van der Waals surface area contributed by atoms with Gasteiger partial charge in [-0.2, -0.15) is 0 Å². The fraction of sp³-hybridized carbons (Fsp3) is 0.278. The highest BCUT2D eigenvalue weighted by Gasteiger charge is 2.31. The Balaban J connectivity index is 1.64. The Bertz CT molecular complexity index is 855. The van der Waals surface area contributed by atoms with Crippen LogP contribution in [0.3, 0.4) is 0 Å². The van der Waals surface area contributed by atoms with Crippen LogP contribution < -0.4 is 5.32 Å². The molecular weight excluding hydrogens is 302 g/mol. The highest BCUT2D eigenvalue weighted by molar-refractivity contribution is 5.82. The molecule has 0 saturated carbocycles. The lowest BCUT2D eigenvalue weighted by atomic mass is 9.93. The molecule has 1 aromatic carbocycles. The van der Waals surface area contributed by atoms with E-state index in [1.165, 1.54) is 11.1 Å². The topological polar surface area (TPSA) is 62.5 Å². The first-order valence-electron chi connectivity index (χ1n) is 8.05. The van der Waals surface area contributed by atoms with Crippen molar-refractivity contribution in [2.45, 2.75) is 25.6 Å². The van der Waals surface area contributed by atoms with Crippen LogP contribution in [0.25, 0.3) is 5.78 Å². The SMILES string of the molecule is CNC(=O)C1Cc2ccccc2CN1Cc1cn2cccnc2n1. The molecule has 0 saturated heterocycles. The summed E-state index contributed by atoms with van der Waals surface area (Å²) in [7, 11) is 1.69. The highest BCUT2D eigenvalue weighted by Crippen LogP contribution is 2.25. The van der Waals surface area contributed by atoms with Gasteiger partial charge in [0.2, 0.25) is 11.7 Å². The maximum atomic E-state index is 12.4. The Morgan fingerprint density at radius 2 is 2.12 bits per heavy atom. The third-order valence-electron chi connectivity index (χ3n) is 4.55. The van der Waals surface area contributed by atoms with E-state index >= 15 is 0 Å². The monoisotopic (exact) mass is 321 g/mol. The number of benzene rings is 1. The van der Waals surface area contributed by atoms with Crippen LogP contribution in [-0.2, 0) is 24.3 Å². The van der Waals surface area contributed by atoms with E-state index in [0.29, 0.717) is 12.3 Å². The lowest BCUT2D eigenvalue weighted by Crippen LogP contribution is -2.49. The number of hydrogen-bond acceptors (Lipinski definition) is 4. The third-order valence-corrected chi connectivity index (χ3v) is 4.55. The van der Waals surface area contributed by atoms with Gasteiger partial charge in [0.1, 0.15) is 0 Å². The largest absolute Gasteiger partial charge is 0.358 e. The van der Waals surface area contributed by atoms with Crippen molar-refractivity contribution in [1.29, 1.82) is 0 Å². The number of imidazole rings is 1. The molecule has 6 nitrogen and oxygen atoms in total. The molecule has 1 unspecified atom stereocenters. The molecule has 3 aromatic rings. The van der Waals surface area contributed by atoms with Gasteiger partial charge in [0.05, 0.1) is 11.7 Å². The van der Waals surface area contributed by atoms with Gasteiger partial charge in [-0.05, 0) is 23.6 Å². The number of carbonyl (C=O) groups is 1. The summed E-state index contributed by atoms with van der Waals surface area (Å²) >= 11 is 0. The smallest absolute Gasteiger partial charge is 0.237 e. The van der Waals surface area contributed by atoms with Crippen molar-refractivity contribution in [1.82, 2.24) is 24.6 Å². The van der Waals surface area contributed by atoms with E-state index in [1.807, 2.05) is 35.0 Å². The van der Waals surface area contributed by atoms with Crippen molar-refractivity contribution in [3.63, 3.8) is 0 Å². The summed E-state index contributed by atoms with van der Waals surface area (Å²) in [5.74, 6) is 0.729. The minimum absolute atomic E-state index is 0.0476. The summed E-state index contributed by atoms with van der Waals surface area (Å²) in [4.78, 5) is 23.4. The molecule has 0 spiro atoms. The first kappa shape index (κ1) is 14.8. The second-order valence-electron chi connectivity index (χ2n) is 6.07. The van der Waals surface area contributed by atoms with Gasteiger partial charge in [-0.25, -0.2) is 9.97 Å². The first-order chi connectivity index (χ1) is 11.7. The van der Waals surface area contributed by atoms with Gasteiger partial charge in [-0.1, -0.05) is 24.3 Å². The van der Waals surface area contributed by atoms with Gasteiger partial charge < -0.3 is 5.32 Å². The molecule has 1 atom stereocenters. The van der Waals surface area contributed by atoms with Crippen LogP contribution in [0.5, 0.6) is 0 Å². The number of amides is 1. The summed E-state index contributed by atoms with van der Waals surface area (Å²) in [6, 6.07) is 10.0. The molecule has 24 heavy (non-hydrogen) atoms. The molecule has 2 aromatic heterocycles. The van der Waals surface area contributed by atoms with E-state index < -0.39 is 0 Å². The third kappa shape index (κ3) is 2.65. The number of likely N-dealkylation sites (N-methyl/N-ethyl adjacent to an activating group) is 1. The fourth-order valence-corrected chi connectivity index (χ4v) is 3.33. The van der Waals surface area contributed by atoms with Gasteiger partial charge >= 0.3 is 0 Å². The molecule has 6 heteroatoms. The molecule has 0 aliphatic carbocycles. The minimum atomic E-state index is -0.178. The van der Waals surface area contributed by atoms with Gasteiger partial charge in [-0.15, -0.1) is 0 Å². The van der Waals surface area contributed by atoms with Crippen molar-refractivity contribution in [2.24, 2.45) is 0 Å². The Hall–Kier alpha value is -2.73. The maximum Gasteiger partial charge on any atom is 0.237 e. The van der Waals surface area contributed by atoms with E-state index in [4.69, 9.17) is 0 Å². The van der Waals surface area contributed by atoms with E-state index in [2.05, 4.69) is 32.3 Å². The van der Waals surface area contributed by atoms with E-state index in [1.54, 1.807) is 13.2 Å². The minimum Gasteiger partial charge on any atom is -0.358 e. The summed E-state index contributed by atoms with van der Waals surface area (Å²) in [5, 5.41) is 2.79. The molecule has 122 valence electrons. The van der Waals surface area contributed by atoms with Crippen molar-refractivity contribution in [2.75, 3.05) is 7.05 Å². The predicted molar refractivity (Wildman–Crippen MR) is 90.2 cm³/mol. The van der Waals surface area contributed by atoms with Crippen LogP contribution in [0, 0.1) is 0 Å². The van der Waals surface area contributed by atoms with Gasteiger partial charge in [0.15, 0.2) is 0 Å². The quantitative estimate of drug-likeness (QED) is 0.792. The van der Waals surface area contributed by atoms with Crippen LogP contribution in [0.1, 0.15) is 16.8 Å². The molecule has 0 radical (unpaired) electrons. The Morgan fingerprint density at radius 3 is 2.92 bits per heavy atom. The lowest BCUT2D eigenvalue weighted by molar-refractivity contribution is -0.126. The second-order valence-corrected chi connectivity index (χ2v) is 6.07. The zero-order valence-corrected chi connectivity index (χ0v) is 13.5. The molecule has 0 bridgehead atoms. The van der Waals surface area contributed by atoms with Crippen molar-refractivity contribution < 1.29 is 4.79 Å². The number of carbonyl (C=O) groups excluding carboxylic acids is 1. The molecule has 1 aliphatic rings. The van der Waals surface area contributed by atoms with E-state index in [0.717, 1.165) is 18.7 Å². The summed E-state index contributed by atoms with van der Waals surface area (Å²) < 4.78 is 1.90. The second kappa shape index (κ2) is 6.05. The average Bonchev–Trinajstić information content (AvgIpc) is 3.02. The van der Waals surface area contributed by atoms with Gasteiger partial charge in [0.25, 0.3) is 0 Å². The number of hydrogen-bond donors (Lipinski definition) is 1. The number of nitrogens with zero attached hydrogens (tertiary/aromatic N) is 4. The van der Waals surface area contributed by atoms with Crippen molar-refractivity contribution in [3.05, 3.63) is 65.7 Å². The Labute approximate surface area is 140 Å². The summed E-state index contributed by atoms with van der Waals surface area (Å²) in [6.07, 6.45) is 6.36. The summed E-state index contributed by atoms with van der Waals surface area (Å²) in [6.45, 7) is 1.37. The molecule has 1 aliphatic heterocycles. The Kier molecular flexibility index (Phi) is 3.74. The predicted octanol–water partition coefficient (Wildman–Crippen LogP) is 1.40. The normalized spacial score (nSPS) is 17.6. The summed E-state index contributed by atoms with van der Waals surface area (Å²) in [5.41, 5.74) is 3.44. The molecule has 1 N–H and O–H groups in total. The van der Waals surface area contributed by atoms with Crippen LogP contribution in [0.2, 0.25) is 0 Å². The van der Waals surface area contributed by atoms with Crippen LogP contribution in [-0.4, -0.2) is 38.3 Å². The molecule has 0 fully saturated rings. The van der Waals surface area contributed by atoms with Gasteiger partial charge in [-0.3, -0.25) is 14.1 Å². The van der Waals surface area contributed by atoms with Crippen molar-refractivity contribution >= 4 is 11.7 Å². The standard InChI is InChI=1S/C18H19N5O/c1-19-17(24)16-9-13-5-2-3-6-14(13)10-23(16)12-15-11-22-8-4-7-20-18(22)21-15/h2-8,11,16H,9-10,12H2,1H3,(H,19,24). The zero-order chi connectivity index (χ0) is 16.5. The van der Waals surface area contributed by atoms with Gasteiger partial charge in [0, 0.05) is 38.7 Å². The number of aromatic nitrogens is 3. The lowest BCUT2D eigenvalue weighted by Gasteiger charge is -2.35. The molecule has 1 amide bonds. The van der Waals surface area contributed by atoms with Crippen LogP contribution in [0.4, 0.5) is 0 Å². The maximum absolute atomic E-state index is 12.4.